The van der Waals surface area contributed by atoms with Crippen molar-refractivity contribution in [1.82, 2.24) is 20.4 Å². The maximum absolute atomic E-state index is 12.1. The highest BCUT2D eigenvalue weighted by atomic mass is 16.2. The van der Waals surface area contributed by atoms with Crippen molar-refractivity contribution in [3.05, 3.63) is 0 Å². The van der Waals surface area contributed by atoms with E-state index in [1.54, 1.807) is 0 Å². The third-order valence-corrected chi connectivity index (χ3v) is 5.32. The van der Waals surface area contributed by atoms with E-state index >= 15 is 0 Å². The molecule has 2 saturated heterocycles. The summed E-state index contributed by atoms with van der Waals surface area (Å²) >= 11 is 0. The Morgan fingerprint density at radius 2 is 2.04 bits per heavy atom. The summed E-state index contributed by atoms with van der Waals surface area (Å²) in [5.41, 5.74) is 0. The molecule has 0 saturated carbocycles. The van der Waals surface area contributed by atoms with Gasteiger partial charge in [0.2, 0.25) is 5.91 Å². The molecule has 150 valence electrons. The number of aliphatic imine (C=N–C) groups is 1. The lowest BCUT2D eigenvalue weighted by Crippen LogP contribution is -2.45. The molecule has 2 unspecified atom stereocenters. The predicted molar refractivity (Wildman–Crippen MR) is 108 cm³/mol. The number of likely N-dealkylation sites (tertiary alicyclic amines) is 2. The topological polar surface area (TPSA) is 60.0 Å². The molecule has 2 fully saturated rings. The lowest BCUT2D eigenvalue weighted by molar-refractivity contribution is -0.133. The second-order valence-electron chi connectivity index (χ2n) is 8.23. The molecule has 6 nitrogen and oxygen atoms in total. The molecule has 0 aromatic heterocycles. The molecular weight excluding hydrogens is 326 g/mol. The lowest BCUT2D eigenvalue weighted by Gasteiger charge is -2.30. The minimum atomic E-state index is 0.0770. The van der Waals surface area contributed by atoms with Crippen LogP contribution in [0.2, 0.25) is 0 Å². The van der Waals surface area contributed by atoms with Gasteiger partial charge in [0.15, 0.2) is 5.96 Å². The van der Waals surface area contributed by atoms with Crippen molar-refractivity contribution in [3.8, 4) is 0 Å². The molecule has 2 aliphatic heterocycles. The molecule has 0 aromatic carbocycles. The van der Waals surface area contributed by atoms with Crippen molar-refractivity contribution in [2.75, 3.05) is 45.8 Å². The number of nitrogens with one attached hydrogen (secondary N) is 2. The summed E-state index contributed by atoms with van der Waals surface area (Å²) in [7, 11) is 0. The molecular formula is C20H39N5O. The van der Waals surface area contributed by atoms with Gasteiger partial charge in [-0.1, -0.05) is 20.8 Å². The van der Waals surface area contributed by atoms with Crippen molar-refractivity contribution in [1.29, 1.82) is 0 Å². The van der Waals surface area contributed by atoms with Gasteiger partial charge in [-0.05, 0) is 51.6 Å². The second-order valence-corrected chi connectivity index (χ2v) is 8.23. The normalized spacial score (nSPS) is 25.0. The Balaban J connectivity index is 1.73. The Kier molecular flexibility index (Phi) is 8.69. The van der Waals surface area contributed by atoms with Crippen LogP contribution in [-0.4, -0.2) is 73.5 Å². The molecule has 6 heteroatoms. The summed E-state index contributed by atoms with van der Waals surface area (Å²) in [6.07, 6.45) is 4.81. The Morgan fingerprint density at radius 1 is 1.23 bits per heavy atom. The van der Waals surface area contributed by atoms with Crippen molar-refractivity contribution >= 4 is 11.9 Å². The van der Waals surface area contributed by atoms with Gasteiger partial charge in [-0.2, -0.15) is 0 Å². The molecule has 0 aliphatic carbocycles. The molecule has 26 heavy (non-hydrogen) atoms. The number of hydrogen-bond donors (Lipinski definition) is 2. The summed E-state index contributed by atoms with van der Waals surface area (Å²) in [4.78, 5) is 21.4. The minimum Gasteiger partial charge on any atom is -0.357 e. The van der Waals surface area contributed by atoms with Gasteiger partial charge < -0.3 is 20.4 Å². The van der Waals surface area contributed by atoms with Crippen LogP contribution in [0, 0.1) is 11.8 Å². The summed E-state index contributed by atoms with van der Waals surface area (Å²) in [6, 6.07) is 0.304. The van der Waals surface area contributed by atoms with Crippen LogP contribution in [0.25, 0.3) is 0 Å². The number of carbonyl (C=O) groups is 1. The Hall–Kier alpha value is -1.30. The number of guanidine groups is 1. The van der Waals surface area contributed by atoms with E-state index < -0.39 is 0 Å². The highest BCUT2D eigenvalue weighted by molar-refractivity contribution is 5.81. The van der Waals surface area contributed by atoms with Crippen molar-refractivity contribution in [2.45, 2.75) is 59.4 Å². The first-order valence-corrected chi connectivity index (χ1v) is 10.6. The van der Waals surface area contributed by atoms with E-state index in [0.29, 0.717) is 6.04 Å². The molecule has 0 bridgehead atoms. The number of carbonyl (C=O) groups excluding carboxylic acids is 1. The highest BCUT2D eigenvalue weighted by Crippen LogP contribution is 2.15. The number of piperidine rings is 1. The Labute approximate surface area is 159 Å². The first-order chi connectivity index (χ1) is 12.5. The lowest BCUT2D eigenvalue weighted by atomic mass is 10.0. The van der Waals surface area contributed by atoms with Crippen LogP contribution in [0.5, 0.6) is 0 Å². The quantitative estimate of drug-likeness (QED) is 0.411. The molecule has 2 heterocycles. The largest absolute Gasteiger partial charge is 0.357 e. The van der Waals surface area contributed by atoms with Gasteiger partial charge in [-0.15, -0.1) is 0 Å². The van der Waals surface area contributed by atoms with Crippen LogP contribution in [0.3, 0.4) is 0 Å². The van der Waals surface area contributed by atoms with Gasteiger partial charge in [0.05, 0.1) is 0 Å². The second kappa shape index (κ2) is 10.8. The van der Waals surface area contributed by atoms with Crippen molar-refractivity contribution < 1.29 is 4.79 Å². The van der Waals surface area contributed by atoms with Crippen LogP contribution >= 0.6 is 0 Å². The van der Waals surface area contributed by atoms with Crippen LogP contribution in [0.1, 0.15) is 53.4 Å². The molecule has 1 amide bonds. The van der Waals surface area contributed by atoms with E-state index in [1.807, 2.05) is 18.7 Å². The van der Waals surface area contributed by atoms with E-state index in [1.165, 1.54) is 25.9 Å². The number of hydrogen-bond acceptors (Lipinski definition) is 3. The van der Waals surface area contributed by atoms with E-state index in [0.717, 1.165) is 57.4 Å². The van der Waals surface area contributed by atoms with Crippen LogP contribution in [0.15, 0.2) is 4.99 Å². The molecule has 2 N–H and O–H groups in total. The predicted octanol–water partition coefficient (Wildman–Crippen LogP) is 1.92. The number of rotatable bonds is 7. The summed E-state index contributed by atoms with van der Waals surface area (Å²) < 4.78 is 0. The van der Waals surface area contributed by atoms with E-state index in [2.05, 4.69) is 29.4 Å². The van der Waals surface area contributed by atoms with Gasteiger partial charge in [-0.3, -0.25) is 9.79 Å². The van der Waals surface area contributed by atoms with Crippen LogP contribution in [0.4, 0.5) is 0 Å². The molecule has 2 atom stereocenters. The van der Waals surface area contributed by atoms with Crippen molar-refractivity contribution in [3.63, 3.8) is 0 Å². The zero-order chi connectivity index (χ0) is 18.9. The third-order valence-electron chi connectivity index (χ3n) is 5.32. The van der Waals surface area contributed by atoms with Crippen molar-refractivity contribution in [2.24, 2.45) is 16.8 Å². The van der Waals surface area contributed by atoms with Crippen LogP contribution in [-0.2, 0) is 4.79 Å². The van der Waals surface area contributed by atoms with Gasteiger partial charge >= 0.3 is 0 Å². The Bertz CT molecular complexity index is 465. The van der Waals surface area contributed by atoms with Gasteiger partial charge in [0.25, 0.3) is 0 Å². The Morgan fingerprint density at radius 3 is 2.73 bits per heavy atom. The van der Waals surface area contributed by atoms with E-state index in [-0.39, 0.29) is 11.8 Å². The first-order valence-electron chi connectivity index (χ1n) is 10.6. The maximum atomic E-state index is 12.1. The summed E-state index contributed by atoms with van der Waals surface area (Å²) in [5.74, 6) is 2.06. The fourth-order valence-corrected chi connectivity index (χ4v) is 3.93. The highest BCUT2D eigenvalue weighted by Gasteiger charge is 2.27. The fourth-order valence-electron chi connectivity index (χ4n) is 3.93. The van der Waals surface area contributed by atoms with Crippen LogP contribution < -0.4 is 10.6 Å². The molecule has 2 rings (SSSR count). The zero-order valence-electron chi connectivity index (χ0n) is 17.3. The summed E-state index contributed by atoms with van der Waals surface area (Å²) in [6.45, 7) is 15.4. The van der Waals surface area contributed by atoms with Gasteiger partial charge in [0.1, 0.15) is 0 Å². The number of amides is 1. The number of nitrogens with zero attached hydrogens (tertiary/aromatic N) is 3. The molecule has 0 spiro atoms. The van der Waals surface area contributed by atoms with E-state index in [4.69, 9.17) is 4.99 Å². The minimum absolute atomic E-state index is 0.0770. The average Bonchev–Trinajstić information content (AvgIpc) is 3.06. The molecule has 0 aromatic rings. The SMILES string of the molecule is CCNC(=NCCCN1CCCC(C)C1)NC1CCN(C(=O)C(C)C)C1. The third kappa shape index (κ3) is 6.78. The monoisotopic (exact) mass is 365 g/mol. The average molecular weight is 366 g/mol. The van der Waals surface area contributed by atoms with Gasteiger partial charge in [-0.25, -0.2) is 0 Å². The molecule has 0 radical (unpaired) electrons. The van der Waals surface area contributed by atoms with Gasteiger partial charge in [0, 0.05) is 44.7 Å². The van der Waals surface area contributed by atoms with E-state index in [9.17, 15) is 4.79 Å². The zero-order valence-corrected chi connectivity index (χ0v) is 17.3. The first kappa shape index (κ1) is 21.0. The summed E-state index contributed by atoms with van der Waals surface area (Å²) in [5, 5.41) is 6.86. The fraction of sp³-hybridized carbons (Fsp3) is 0.900. The molecule has 2 aliphatic rings. The standard InChI is InChI=1S/C20H39N5O/c1-5-21-20(22-10-7-12-24-11-6-8-17(4)14-24)23-18-9-13-25(15-18)19(26)16(2)3/h16-18H,5-15H2,1-4H3,(H2,21,22,23). The maximum Gasteiger partial charge on any atom is 0.225 e. The smallest absolute Gasteiger partial charge is 0.225 e.